The fourth-order valence-electron chi connectivity index (χ4n) is 4.00. The predicted octanol–water partition coefficient (Wildman–Crippen LogP) is 3.59. The minimum Gasteiger partial charge on any atom is -0.467 e. The van der Waals surface area contributed by atoms with Crippen LogP contribution in [-0.4, -0.2) is 45.7 Å². The van der Waals surface area contributed by atoms with Crippen LogP contribution < -0.4 is 10.1 Å². The molecule has 2 aliphatic rings. The number of rotatable bonds is 2. The van der Waals surface area contributed by atoms with Crippen LogP contribution in [0.1, 0.15) is 33.6 Å². The average molecular weight is 467 g/mol. The summed E-state index contributed by atoms with van der Waals surface area (Å²) in [6.45, 7) is 0.999. The smallest absolute Gasteiger partial charge is 0.258 e. The van der Waals surface area contributed by atoms with E-state index in [1.165, 1.54) is 0 Å². The lowest BCUT2D eigenvalue weighted by molar-refractivity contribution is -0.0245. The second-order valence-corrected chi connectivity index (χ2v) is 8.45. The summed E-state index contributed by atoms with van der Waals surface area (Å²) in [7, 11) is 0. The average Bonchev–Trinajstić information content (AvgIpc) is 3.30. The number of H-pyrrole nitrogens is 1. The van der Waals surface area contributed by atoms with Crippen molar-refractivity contribution in [1.29, 1.82) is 0 Å². The van der Waals surface area contributed by atoms with Crippen LogP contribution in [0.4, 0.5) is 0 Å². The predicted molar refractivity (Wildman–Crippen MR) is 114 cm³/mol. The van der Waals surface area contributed by atoms with Crippen LogP contribution in [0.5, 0.6) is 5.75 Å². The Hall–Kier alpha value is -3.13. The number of hydrogen-bond donors (Lipinski definition) is 2. The van der Waals surface area contributed by atoms with E-state index in [2.05, 4.69) is 31.4 Å². The molecule has 2 N–H and O–H groups in total. The van der Waals surface area contributed by atoms with Gasteiger partial charge in [-0.15, -0.1) is 0 Å². The molecule has 1 fully saturated rings. The van der Waals surface area contributed by atoms with E-state index < -0.39 is 5.72 Å². The highest BCUT2D eigenvalue weighted by Gasteiger charge is 2.43. The molecule has 3 aromatic rings. The molecule has 0 saturated carbocycles. The zero-order valence-corrected chi connectivity index (χ0v) is 17.6. The van der Waals surface area contributed by atoms with Crippen molar-refractivity contribution in [3.8, 4) is 17.0 Å². The van der Waals surface area contributed by atoms with E-state index in [0.717, 1.165) is 15.7 Å². The monoisotopic (exact) mass is 466 g/mol. The zero-order chi connectivity index (χ0) is 20.7. The highest BCUT2D eigenvalue weighted by Crippen LogP contribution is 2.35. The standard InChI is InChI=1S/C22H19BrN4O3/c23-16-4-5-19-17(13-16)20(28)25-22(30-19)7-10-27(11-8-22)21(29)15-3-1-2-14(12-15)18-6-9-24-26-18/h1-6,9,12-13H,7-8,10-11H2,(H,24,26)(H,25,28). The molecule has 7 nitrogen and oxygen atoms in total. The van der Waals surface area contributed by atoms with Crippen molar-refractivity contribution in [2.24, 2.45) is 0 Å². The van der Waals surface area contributed by atoms with E-state index in [4.69, 9.17) is 4.74 Å². The van der Waals surface area contributed by atoms with Crippen LogP contribution in [0.25, 0.3) is 11.3 Å². The van der Waals surface area contributed by atoms with Crippen LogP contribution in [0.3, 0.4) is 0 Å². The van der Waals surface area contributed by atoms with Crippen molar-refractivity contribution < 1.29 is 14.3 Å². The van der Waals surface area contributed by atoms with Gasteiger partial charge in [0.1, 0.15) is 5.75 Å². The number of carbonyl (C=O) groups is 2. The highest BCUT2D eigenvalue weighted by atomic mass is 79.9. The van der Waals surface area contributed by atoms with Gasteiger partial charge in [-0.05, 0) is 36.4 Å². The van der Waals surface area contributed by atoms with Gasteiger partial charge in [-0.25, -0.2) is 0 Å². The lowest BCUT2D eigenvalue weighted by Gasteiger charge is -2.44. The number of hydrogen-bond acceptors (Lipinski definition) is 4. The Morgan fingerprint density at radius 2 is 1.97 bits per heavy atom. The number of likely N-dealkylation sites (tertiary alicyclic amines) is 1. The van der Waals surface area contributed by atoms with Crippen molar-refractivity contribution in [2.45, 2.75) is 18.6 Å². The molecule has 1 spiro atoms. The molecule has 2 amide bonds. The number of ether oxygens (including phenoxy) is 1. The molecule has 152 valence electrons. The molecular weight excluding hydrogens is 448 g/mol. The number of fused-ring (bicyclic) bond motifs is 1. The number of halogens is 1. The molecule has 1 aromatic heterocycles. The first-order chi connectivity index (χ1) is 14.5. The Morgan fingerprint density at radius 1 is 1.13 bits per heavy atom. The van der Waals surface area contributed by atoms with Gasteiger partial charge in [-0.1, -0.05) is 28.1 Å². The maximum absolute atomic E-state index is 13.1. The highest BCUT2D eigenvalue weighted by molar-refractivity contribution is 9.10. The largest absolute Gasteiger partial charge is 0.467 e. The summed E-state index contributed by atoms with van der Waals surface area (Å²) in [4.78, 5) is 27.5. The van der Waals surface area contributed by atoms with Gasteiger partial charge in [0.2, 0.25) is 0 Å². The van der Waals surface area contributed by atoms with Gasteiger partial charge in [0.05, 0.1) is 11.3 Å². The molecule has 0 bridgehead atoms. The molecular formula is C22H19BrN4O3. The van der Waals surface area contributed by atoms with Crippen LogP contribution in [0.15, 0.2) is 59.2 Å². The summed E-state index contributed by atoms with van der Waals surface area (Å²) in [6.07, 6.45) is 2.74. The molecule has 3 heterocycles. The molecule has 0 radical (unpaired) electrons. The molecule has 1 saturated heterocycles. The van der Waals surface area contributed by atoms with E-state index in [1.807, 2.05) is 41.3 Å². The molecule has 2 aromatic carbocycles. The van der Waals surface area contributed by atoms with Crippen LogP contribution in [0, 0.1) is 0 Å². The number of carbonyl (C=O) groups excluding carboxylic acids is 2. The van der Waals surface area contributed by atoms with Gasteiger partial charge in [0.25, 0.3) is 11.8 Å². The summed E-state index contributed by atoms with van der Waals surface area (Å²) in [6, 6.07) is 14.8. The molecule has 2 aliphatic heterocycles. The van der Waals surface area contributed by atoms with Gasteiger partial charge in [0, 0.05) is 47.7 Å². The Morgan fingerprint density at radius 3 is 2.73 bits per heavy atom. The number of amides is 2. The zero-order valence-electron chi connectivity index (χ0n) is 16.0. The Balaban J connectivity index is 1.31. The van der Waals surface area contributed by atoms with Gasteiger partial charge in [-0.3, -0.25) is 14.7 Å². The Bertz CT molecular complexity index is 1120. The second-order valence-electron chi connectivity index (χ2n) is 7.53. The van der Waals surface area contributed by atoms with Crippen molar-refractivity contribution >= 4 is 27.7 Å². The molecule has 0 aliphatic carbocycles. The Kier molecular flexibility index (Phi) is 4.58. The van der Waals surface area contributed by atoms with E-state index in [-0.39, 0.29) is 11.8 Å². The van der Waals surface area contributed by atoms with E-state index in [1.54, 1.807) is 18.3 Å². The lowest BCUT2D eigenvalue weighted by Crippen LogP contribution is -2.61. The van der Waals surface area contributed by atoms with Crippen molar-refractivity contribution in [3.63, 3.8) is 0 Å². The first kappa shape index (κ1) is 18.9. The maximum atomic E-state index is 13.1. The topological polar surface area (TPSA) is 87.3 Å². The van der Waals surface area contributed by atoms with E-state index in [9.17, 15) is 9.59 Å². The minimum absolute atomic E-state index is 0.0299. The lowest BCUT2D eigenvalue weighted by atomic mass is 9.96. The third-order valence-electron chi connectivity index (χ3n) is 5.61. The van der Waals surface area contributed by atoms with Gasteiger partial charge >= 0.3 is 0 Å². The van der Waals surface area contributed by atoms with E-state index in [0.29, 0.717) is 42.8 Å². The molecule has 8 heteroatoms. The maximum Gasteiger partial charge on any atom is 0.258 e. The third-order valence-corrected chi connectivity index (χ3v) is 6.11. The third kappa shape index (κ3) is 3.37. The first-order valence-electron chi connectivity index (χ1n) is 9.73. The molecule has 0 atom stereocenters. The fraction of sp³-hybridized carbons (Fsp3) is 0.227. The quantitative estimate of drug-likeness (QED) is 0.603. The number of benzene rings is 2. The van der Waals surface area contributed by atoms with Crippen molar-refractivity contribution in [2.75, 3.05) is 13.1 Å². The van der Waals surface area contributed by atoms with Gasteiger partial charge in [0.15, 0.2) is 5.72 Å². The Labute approximate surface area is 181 Å². The van der Waals surface area contributed by atoms with Crippen LogP contribution in [0.2, 0.25) is 0 Å². The number of piperidine rings is 1. The van der Waals surface area contributed by atoms with Gasteiger partial charge < -0.3 is 15.0 Å². The molecule has 30 heavy (non-hydrogen) atoms. The molecule has 5 rings (SSSR count). The van der Waals surface area contributed by atoms with Crippen LogP contribution in [-0.2, 0) is 0 Å². The molecule has 0 unspecified atom stereocenters. The summed E-state index contributed by atoms with van der Waals surface area (Å²) in [5.41, 5.74) is 2.15. The fourth-order valence-corrected chi connectivity index (χ4v) is 4.36. The summed E-state index contributed by atoms with van der Waals surface area (Å²) < 4.78 is 7.01. The second kappa shape index (κ2) is 7.28. The number of aromatic nitrogens is 2. The number of nitrogens with one attached hydrogen (secondary N) is 2. The summed E-state index contributed by atoms with van der Waals surface area (Å²) in [5.74, 6) is 0.399. The van der Waals surface area contributed by atoms with Crippen molar-refractivity contribution in [1.82, 2.24) is 20.4 Å². The van der Waals surface area contributed by atoms with Crippen molar-refractivity contribution in [3.05, 3.63) is 70.3 Å². The SMILES string of the molecule is O=C1NC2(CCN(C(=O)c3cccc(-c4ccn[nH]4)c3)CC2)Oc2ccc(Br)cc21. The number of nitrogens with zero attached hydrogens (tertiary/aromatic N) is 2. The minimum atomic E-state index is -0.771. The summed E-state index contributed by atoms with van der Waals surface area (Å²) in [5, 5.41) is 9.90. The van der Waals surface area contributed by atoms with Crippen LogP contribution >= 0.6 is 15.9 Å². The summed E-state index contributed by atoms with van der Waals surface area (Å²) >= 11 is 3.38. The first-order valence-corrected chi connectivity index (χ1v) is 10.5. The normalized spacial score (nSPS) is 17.2. The number of aromatic amines is 1. The van der Waals surface area contributed by atoms with Gasteiger partial charge in [-0.2, -0.15) is 5.10 Å². The van der Waals surface area contributed by atoms with E-state index >= 15 is 0 Å².